The molecule has 0 spiro atoms. The number of carbonyl (C=O) groups is 1. The van der Waals surface area contributed by atoms with Crippen LogP contribution in [0.25, 0.3) is 0 Å². The van der Waals surface area contributed by atoms with Gasteiger partial charge in [0.15, 0.2) is 11.9 Å². The predicted molar refractivity (Wildman–Crippen MR) is 69.1 cm³/mol. The van der Waals surface area contributed by atoms with Crippen molar-refractivity contribution in [3.8, 4) is 5.75 Å². The Bertz CT molecular complexity index is 602. The molecule has 4 heteroatoms. The van der Waals surface area contributed by atoms with Gasteiger partial charge in [0.2, 0.25) is 0 Å². The van der Waals surface area contributed by atoms with Gasteiger partial charge in [-0.3, -0.25) is 4.79 Å². The van der Waals surface area contributed by atoms with Crippen molar-refractivity contribution >= 4 is 17.2 Å². The Morgan fingerprint density at radius 3 is 2.94 bits per heavy atom. The molecule has 0 bridgehead atoms. The SMILES string of the molecule is Cc1ccc2c(c1)OC1C(=N2)C=C(N)C(=O)[C@@H]1C. The zero-order chi connectivity index (χ0) is 12.9. The quantitative estimate of drug-likeness (QED) is 0.755. The lowest BCUT2D eigenvalue weighted by molar-refractivity contribution is -0.120. The standard InChI is InChI=1S/C14H14N2O2/c1-7-3-4-10-12(5-7)18-14-8(2)13(17)9(15)6-11(14)16-10/h3-6,8,14H,15H2,1-2H3/t8-,14?/m0/s1. The summed E-state index contributed by atoms with van der Waals surface area (Å²) in [6.45, 7) is 3.82. The molecule has 0 aromatic heterocycles. The van der Waals surface area contributed by atoms with Crippen molar-refractivity contribution in [2.45, 2.75) is 20.0 Å². The van der Waals surface area contributed by atoms with Gasteiger partial charge in [-0.1, -0.05) is 13.0 Å². The monoisotopic (exact) mass is 242 g/mol. The van der Waals surface area contributed by atoms with Gasteiger partial charge in [-0.2, -0.15) is 0 Å². The molecule has 1 aromatic carbocycles. The summed E-state index contributed by atoms with van der Waals surface area (Å²) in [6, 6.07) is 5.84. The Kier molecular flexibility index (Phi) is 2.26. The normalized spacial score (nSPS) is 25.6. The second-order valence-corrected chi connectivity index (χ2v) is 4.80. The first-order chi connectivity index (χ1) is 8.56. The summed E-state index contributed by atoms with van der Waals surface area (Å²) in [5.41, 5.74) is 8.59. The first-order valence-corrected chi connectivity index (χ1v) is 5.93. The van der Waals surface area contributed by atoms with Crippen molar-refractivity contribution in [1.82, 2.24) is 0 Å². The number of nitrogens with two attached hydrogens (primary N) is 1. The first-order valence-electron chi connectivity index (χ1n) is 5.93. The molecule has 1 aromatic rings. The van der Waals surface area contributed by atoms with E-state index in [1.807, 2.05) is 32.0 Å². The minimum absolute atomic E-state index is 0.0740. The maximum Gasteiger partial charge on any atom is 0.185 e. The Morgan fingerprint density at radius 1 is 1.39 bits per heavy atom. The third-order valence-corrected chi connectivity index (χ3v) is 3.37. The molecule has 1 heterocycles. The number of nitrogens with zero attached hydrogens (tertiary/aromatic N) is 1. The second kappa shape index (κ2) is 3.70. The molecule has 18 heavy (non-hydrogen) atoms. The number of fused-ring (bicyclic) bond motifs is 2. The molecule has 1 aliphatic carbocycles. The number of Topliss-reactive ketones (excluding diaryl/α,β-unsaturated/α-hetero) is 1. The van der Waals surface area contributed by atoms with Crippen molar-refractivity contribution in [2.24, 2.45) is 16.6 Å². The van der Waals surface area contributed by atoms with Gasteiger partial charge in [0, 0.05) is 0 Å². The van der Waals surface area contributed by atoms with E-state index in [0.717, 1.165) is 22.7 Å². The van der Waals surface area contributed by atoms with Crippen LogP contribution in [0.15, 0.2) is 35.0 Å². The maximum atomic E-state index is 11.8. The van der Waals surface area contributed by atoms with E-state index in [-0.39, 0.29) is 23.5 Å². The van der Waals surface area contributed by atoms with Crippen molar-refractivity contribution < 1.29 is 9.53 Å². The van der Waals surface area contributed by atoms with E-state index in [1.165, 1.54) is 0 Å². The molecule has 92 valence electrons. The van der Waals surface area contributed by atoms with Gasteiger partial charge in [-0.05, 0) is 30.7 Å². The lowest BCUT2D eigenvalue weighted by Gasteiger charge is -2.31. The van der Waals surface area contributed by atoms with Crippen LogP contribution in [0.2, 0.25) is 0 Å². The summed E-state index contributed by atoms with van der Waals surface area (Å²) in [7, 11) is 0. The van der Waals surface area contributed by atoms with Gasteiger partial charge >= 0.3 is 0 Å². The highest BCUT2D eigenvalue weighted by Crippen LogP contribution is 2.36. The fourth-order valence-electron chi connectivity index (χ4n) is 2.31. The van der Waals surface area contributed by atoms with Crippen molar-refractivity contribution in [1.29, 1.82) is 0 Å². The fourth-order valence-corrected chi connectivity index (χ4v) is 2.31. The van der Waals surface area contributed by atoms with Crippen LogP contribution in [-0.2, 0) is 4.79 Å². The fraction of sp³-hybridized carbons (Fsp3) is 0.286. The van der Waals surface area contributed by atoms with E-state index in [9.17, 15) is 4.79 Å². The van der Waals surface area contributed by atoms with Crippen molar-refractivity contribution in [2.75, 3.05) is 0 Å². The van der Waals surface area contributed by atoms with Crippen molar-refractivity contribution in [3.05, 3.63) is 35.5 Å². The highest BCUT2D eigenvalue weighted by Gasteiger charge is 2.37. The lowest BCUT2D eigenvalue weighted by atomic mass is 9.87. The number of allylic oxidation sites excluding steroid dienone is 1. The second-order valence-electron chi connectivity index (χ2n) is 4.80. The number of carbonyl (C=O) groups excluding carboxylic acids is 1. The number of aliphatic imine (C=N–C) groups is 1. The van der Waals surface area contributed by atoms with Gasteiger partial charge in [0.05, 0.1) is 17.3 Å². The smallest absolute Gasteiger partial charge is 0.185 e. The molecule has 2 atom stereocenters. The number of hydrogen-bond donors (Lipinski definition) is 1. The summed E-state index contributed by atoms with van der Waals surface area (Å²) < 4.78 is 5.90. The summed E-state index contributed by atoms with van der Waals surface area (Å²) in [5.74, 6) is 0.370. The molecule has 0 amide bonds. The minimum Gasteiger partial charge on any atom is -0.481 e. The number of ketones is 1. The zero-order valence-corrected chi connectivity index (χ0v) is 10.3. The molecule has 0 fully saturated rings. The summed E-state index contributed by atoms with van der Waals surface area (Å²) in [5, 5.41) is 0. The van der Waals surface area contributed by atoms with Crippen LogP contribution in [0.5, 0.6) is 5.75 Å². The Morgan fingerprint density at radius 2 is 2.17 bits per heavy atom. The molecular weight excluding hydrogens is 228 g/mol. The van der Waals surface area contributed by atoms with Crippen molar-refractivity contribution in [3.63, 3.8) is 0 Å². The van der Waals surface area contributed by atoms with Crippen LogP contribution in [0, 0.1) is 12.8 Å². The summed E-state index contributed by atoms with van der Waals surface area (Å²) in [6.07, 6.45) is 1.30. The van der Waals surface area contributed by atoms with Gasteiger partial charge in [0.25, 0.3) is 0 Å². The summed E-state index contributed by atoms with van der Waals surface area (Å²) >= 11 is 0. The van der Waals surface area contributed by atoms with Crippen LogP contribution in [0.4, 0.5) is 5.69 Å². The van der Waals surface area contributed by atoms with E-state index in [0.29, 0.717) is 0 Å². The molecule has 4 nitrogen and oxygen atoms in total. The highest BCUT2D eigenvalue weighted by atomic mass is 16.5. The Balaban J connectivity index is 2.12. The third kappa shape index (κ3) is 1.53. The average Bonchev–Trinajstić information content (AvgIpc) is 2.35. The van der Waals surface area contributed by atoms with Crippen LogP contribution >= 0.6 is 0 Å². The molecule has 2 aliphatic rings. The summed E-state index contributed by atoms with van der Waals surface area (Å²) in [4.78, 5) is 16.4. The van der Waals surface area contributed by atoms with Crippen LogP contribution in [0.1, 0.15) is 12.5 Å². The molecule has 3 rings (SSSR count). The van der Waals surface area contributed by atoms with E-state index in [2.05, 4.69) is 4.99 Å². The number of rotatable bonds is 0. The molecule has 0 radical (unpaired) electrons. The minimum atomic E-state index is -0.320. The van der Waals surface area contributed by atoms with Gasteiger partial charge in [-0.15, -0.1) is 0 Å². The molecule has 0 saturated heterocycles. The maximum absolute atomic E-state index is 11.8. The van der Waals surface area contributed by atoms with E-state index >= 15 is 0 Å². The average molecular weight is 242 g/mol. The van der Waals surface area contributed by atoms with Crippen LogP contribution in [0.3, 0.4) is 0 Å². The number of benzene rings is 1. The number of aryl methyl sites for hydroxylation is 1. The molecular formula is C14H14N2O2. The topological polar surface area (TPSA) is 64.7 Å². The van der Waals surface area contributed by atoms with E-state index in [1.54, 1.807) is 6.08 Å². The molecule has 2 N–H and O–H groups in total. The van der Waals surface area contributed by atoms with Gasteiger partial charge in [-0.25, -0.2) is 4.99 Å². The number of ether oxygens (including phenoxy) is 1. The lowest BCUT2D eigenvalue weighted by Crippen LogP contribution is -2.44. The largest absolute Gasteiger partial charge is 0.481 e. The molecule has 1 aliphatic heterocycles. The highest BCUT2D eigenvalue weighted by molar-refractivity contribution is 6.14. The van der Waals surface area contributed by atoms with Crippen LogP contribution in [-0.4, -0.2) is 17.6 Å². The van der Waals surface area contributed by atoms with E-state index < -0.39 is 0 Å². The van der Waals surface area contributed by atoms with Gasteiger partial charge in [0.1, 0.15) is 11.4 Å². The van der Waals surface area contributed by atoms with Gasteiger partial charge < -0.3 is 10.5 Å². The predicted octanol–water partition coefficient (Wildman–Crippen LogP) is 1.89. The van der Waals surface area contributed by atoms with E-state index in [4.69, 9.17) is 10.5 Å². The Labute approximate surface area is 105 Å². The zero-order valence-electron chi connectivity index (χ0n) is 10.3. The number of hydrogen-bond acceptors (Lipinski definition) is 4. The van der Waals surface area contributed by atoms with Crippen LogP contribution < -0.4 is 10.5 Å². The molecule has 0 saturated carbocycles. The first kappa shape index (κ1) is 11.0. The Hall–Kier alpha value is -2.10. The third-order valence-electron chi connectivity index (χ3n) is 3.37. The molecule has 1 unspecified atom stereocenters.